The molecule has 4 rings (SSSR count). The Hall–Kier alpha value is -3.60. The summed E-state index contributed by atoms with van der Waals surface area (Å²) in [6.45, 7) is 7.73. The zero-order chi connectivity index (χ0) is 23.0. The molecule has 0 saturated heterocycles. The van der Waals surface area contributed by atoms with Gasteiger partial charge in [0.05, 0.1) is 5.56 Å². The zero-order valence-corrected chi connectivity index (χ0v) is 19.2. The maximum atomic E-state index is 12.8. The number of aromatic nitrogens is 1. The predicted octanol–water partition coefficient (Wildman–Crippen LogP) is 5.13. The molecule has 2 heterocycles. The highest BCUT2D eigenvalue weighted by molar-refractivity contribution is 5.97. The third kappa shape index (κ3) is 3.64. The number of nitrogens with zero attached hydrogens (tertiary/aromatic N) is 2. The average molecular weight is 429 g/mol. The minimum Gasteiger partial charge on any atom is -0.454 e. The number of para-hydroxylation sites is 2. The number of rotatable bonds is 5. The Morgan fingerprint density at radius 1 is 1.00 bits per heavy atom. The van der Waals surface area contributed by atoms with Crippen LogP contribution in [-0.4, -0.2) is 30.0 Å². The summed E-state index contributed by atoms with van der Waals surface area (Å²) in [7, 11) is 1.96. The molecule has 0 fully saturated rings. The first-order valence-electron chi connectivity index (χ1n) is 10.7. The van der Waals surface area contributed by atoms with Crippen molar-refractivity contribution in [3.8, 4) is 5.69 Å². The fraction of sp³-hybridized carbons (Fsp3) is 0.259. The largest absolute Gasteiger partial charge is 0.454 e. The van der Waals surface area contributed by atoms with Gasteiger partial charge < -0.3 is 14.2 Å². The van der Waals surface area contributed by atoms with Crippen molar-refractivity contribution in [3.63, 3.8) is 0 Å². The van der Waals surface area contributed by atoms with Crippen LogP contribution in [0, 0.1) is 13.8 Å². The molecule has 0 amide bonds. The average Bonchev–Trinajstić information content (AvgIpc) is 3.18. The van der Waals surface area contributed by atoms with Gasteiger partial charge in [0, 0.05) is 47.0 Å². The van der Waals surface area contributed by atoms with Crippen molar-refractivity contribution >= 4 is 17.4 Å². The summed E-state index contributed by atoms with van der Waals surface area (Å²) in [5.41, 5.74) is 6.02. The topological polar surface area (TPSA) is 51.5 Å². The van der Waals surface area contributed by atoms with Crippen molar-refractivity contribution in [1.29, 1.82) is 0 Å². The maximum Gasteiger partial charge on any atom is 0.340 e. The number of ketones is 1. The molecular formula is C27H28N2O3. The Morgan fingerprint density at radius 2 is 1.66 bits per heavy atom. The Labute approximate surface area is 188 Å². The minimum atomic E-state index is -0.491. The van der Waals surface area contributed by atoms with E-state index in [1.54, 1.807) is 12.1 Å². The molecule has 5 heteroatoms. The van der Waals surface area contributed by atoms with Crippen molar-refractivity contribution in [3.05, 3.63) is 95.0 Å². The number of esters is 1. The second kappa shape index (κ2) is 8.15. The van der Waals surface area contributed by atoms with Gasteiger partial charge in [0.2, 0.25) is 0 Å². The number of allylic oxidation sites excluding steroid dienone is 1. The molecule has 5 nitrogen and oxygen atoms in total. The molecule has 32 heavy (non-hydrogen) atoms. The van der Waals surface area contributed by atoms with Crippen LogP contribution >= 0.6 is 0 Å². The van der Waals surface area contributed by atoms with Crippen molar-refractivity contribution in [1.82, 2.24) is 4.57 Å². The SMILES string of the molecule is Cc1cc(C(=O)OCC(=O)C=C2N(C)c3ccccc3C2(C)C)c(C)n1-c1ccccc1. The number of fused-ring (bicyclic) bond motifs is 1. The molecule has 0 radical (unpaired) electrons. The van der Waals surface area contributed by atoms with E-state index >= 15 is 0 Å². The lowest BCUT2D eigenvalue weighted by Gasteiger charge is -2.23. The van der Waals surface area contributed by atoms with Gasteiger partial charge in [0.1, 0.15) is 0 Å². The molecule has 2 aromatic carbocycles. The van der Waals surface area contributed by atoms with E-state index in [1.807, 2.05) is 78.9 Å². The maximum absolute atomic E-state index is 12.8. The Bertz CT molecular complexity index is 1220. The molecular weight excluding hydrogens is 400 g/mol. The smallest absolute Gasteiger partial charge is 0.340 e. The molecule has 0 aliphatic carbocycles. The first-order chi connectivity index (χ1) is 15.2. The zero-order valence-electron chi connectivity index (χ0n) is 19.2. The molecule has 1 aliphatic rings. The summed E-state index contributed by atoms with van der Waals surface area (Å²) in [4.78, 5) is 27.5. The number of likely N-dealkylation sites (N-methyl/N-ethyl adjacent to an activating group) is 1. The summed E-state index contributed by atoms with van der Waals surface area (Å²) >= 11 is 0. The lowest BCUT2D eigenvalue weighted by molar-refractivity contribution is -0.117. The van der Waals surface area contributed by atoms with Crippen LogP contribution in [0.25, 0.3) is 5.69 Å². The highest BCUT2D eigenvalue weighted by Gasteiger charge is 2.38. The Kier molecular flexibility index (Phi) is 5.51. The van der Waals surface area contributed by atoms with E-state index in [1.165, 1.54) is 5.56 Å². The molecule has 0 unspecified atom stereocenters. The van der Waals surface area contributed by atoms with E-state index in [4.69, 9.17) is 4.74 Å². The van der Waals surface area contributed by atoms with Gasteiger partial charge in [-0.2, -0.15) is 0 Å². The summed E-state index contributed by atoms with van der Waals surface area (Å²) in [6.07, 6.45) is 1.60. The first-order valence-corrected chi connectivity index (χ1v) is 10.7. The Balaban J connectivity index is 1.49. The Morgan fingerprint density at radius 3 is 2.34 bits per heavy atom. The monoisotopic (exact) mass is 428 g/mol. The van der Waals surface area contributed by atoms with Gasteiger partial charge in [0.15, 0.2) is 12.4 Å². The molecule has 0 spiro atoms. The van der Waals surface area contributed by atoms with Crippen LogP contribution in [0.15, 0.2) is 72.4 Å². The number of carbonyl (C=O) groups excluding carboxylic acids is 2. The van der Waals surface area contributed by atoms with Crippen LogP contribution in [0.5, 0.6) is 0 Å². The molecule has 0 bridgehead atoms. The van der Waals surface area contributed by atoms with Gasteiger partial charge in [-0.25, -0.2) is 4.79 Å². The summed E-state index contributed by atoms with van der Waals surface area (Å²) in [5.74, 6) is -0.729. The van der Waals surface area contributed by atoms with Crippen LogP contribution in [-0.2, 0) is 14.9 Å². The molecule has 164 valence electrons. The lowest BCUT2D eigenvalue weighted by atomic mass is 9.83. The second-order valence-corrected chi connectivity index (χ2v) is 8.73. The predicted molar refractivity (Wildman–Crippen MR) is 126 cm³/mol. The van der Waals surface area contributed by atoms with Crippen LogP contribution in [0.1, 0.15) is 41.2 Å². The standard InChI is InChI=1S/C27H28N2O3/c1-18-15-22(19(2)29(18)20-11-7-6-8-12-20)26(31)32-17-21(30)16-25-27(3,4)23-13-9-10-14-24(23)28(25)5/h6-16H,17H2,1-5H3. The number of benzene rings is 2. The fourth-order valence-electron chi connectivity index (χ4n) is 4.61. The van der Waals surface area contributed by atoms with E-state index in [-0.39, 0.29) is 17.8 Å². The van der Waals surface area contributed by atoms with Gasteiger partial charge in [0.25, 0.3) is 0 Å². The van der Waals surface area contributed by atoms with Crippen LogP contribution in [0.3, 0.4) is 0 Å². The van der Waals surface area contributed by atoms with Crippen LogP contribution < -0.4 is 4.90 Å². The second-order valence-electron chi connectivity index (χ2n) is 8.73. The highest BCUT2D eigenvalue weighted by Crippen LogP contribution is 2.46. The van der Waals surface area contributed by atoms with E-state index < -0.39 is 5.97 Å². The number of carbonyl (C=O) groups is 2. The third-order valence-corrected chi connectivity index (χ3v) is 6.25. The molecule has 0 atom stereocenters. The van der Waals surface area contributed by atoms with E-state index in [9.17, 15) is 9.59 Å². The van der Waals surface area contributed by atoms with Crippen molar-refractivity contribution in [2.45, 2.75) is 33.1 Å². The van der Waals surface area contributed by atoms with E-state index in [2.05, 4.69) is 19.9 Å². The summed E-state index contributed by atoms with van der Waals surface area (Å²) in [6, 6.07) is 19.8. The molecule has 3 aromatic rings. The highest BCUT2D eigenvalue weighted by atomic mass is 16.5. The van der Waals surface area contributed by atoms with Gasteiger partial charge in [-0.1, -0.05) is 50.2 Å². The van der Waals surface area contributed by atoms with Crippen molar-refractivity contribution < 1.29 is 14.3 Å². The first kappa shape index (κ1) is 21.6. The number of hydrogen-bond acceptors (Lipinski definition) is 4. The number of ether oxygens (including phenoxy) is 1. The van der Waals surface area contributed by atoms with E-state index in [0.717, 1.165) is 28.5 Å². The number of hydrogen-bond donors (Lipinski definition) is 0. The van der Waals surface area contributed by atoms with Crippen molar-refractivity contribution in [2.24, 2.45) is 0 Å². The molecule has 1 aliphatic heterocycles. The molecule has 0 N–H and O–H groups in total. The van der Waals surface area contributed by atoms with Gasteiger partial charge in [-0.3, -0.25) is 4.79 Å². The molecule has 1 aromatic heterocycles. The third-order valence-electron chi connectivity index (χ3n) is 6.25. The van der Waals surface area contributed by atoms with Gasteiger partial charge in [-0.05, 0) is 43.7 Å². The number of anilines is 1. The minimum absolute atomic E-state index is 0.238. The summed E-state index contributed by atoms with van der Waals surface area (Å²) < 4.78 is 7.41. The van der Waals surface area contributed by atoms with Crippen molar-refractivity contribution in [2.75, 3.05) is 18.6 Å². The van der Waals surface area contributed by atoms with Crippen LogP contribution in [0.2, 0.25) is 0 Å². The van der Waals surface area contributed by atoms with Crippen LogP contribution in [0.4, 0.5) is 5.69 Å². The number of aryl methyl sites for hydroxylation is 1. The van der Waals surface area contributed by atoms with Gasteiger partial charge in [-0.15, -0.1) is 0 Å². The lowest BCUT2D eigenvalue weighted by Crippen LogP contribution is -2.25. The van der Waals surface area contributed by atoms with E-state index in [0.29, 0.717) is 5.56 Å². The summed E-state index contributed by atoms with van der Waals surface area (Å²) in [5, 5.41) is 0. The molecule has 0 saturated carbocycles. The quantitative estimate of drug-likeness (QED) is 0.418. The normalized spacial score (nSPS) is 15.7. The van der Waals surface area contributed by atoms with Gasteiger partial charge >= 0.3 is 5.97 Å². The fourth-order valence-corrected chi connectivity index (χ4v) is 4.61.